The first kappa shape index (κ1) is 12.9. The Morgan fingerprint density at radius 1 is 0.778 bits per heavy atom. The van der Waals surface area contributed by atoms with Gasteiger partial charge in [0.1, 0.15) is 0 Å². The number of allylic oxidation sites excluding steroid dienone is 12. The van der Waals surface area contributed by atoms with Gasteiger partial charge in [-0.2, -0.15) is 0 Å². The second kappa shape index (κ2) is 5.39. The fourth-order valence-corrected chi connectivity index (χ4v) is 2.62. The third kappa shape index (κ3) is 2.48. The van der Waals surface area contributed by atoms with Crippen LogP contribution in [0.2, 0.25) is 0 Å². The molecule has 0 aromatic heterocycles. The lowest BCUT2D eigenvalue weighted by Gasteiger charge is -2.08. The van der Waals surface area contributed by atoms with Crippen molar-refractivity contribution >= 4 is 0 Å². The van der Waals surface area contributed by atoms with E-state index < -0.39 is 0 Å². The van der Waals surface area contributed by atoms with Crippen LogP contribution in [-0.2, 0) is 0 Å². The van der Waals surface area contributed by atoms with Gasteiger partial charge in [-0.25, -0.2) is 0 Å². The van der Waals surface area contributed by atoms with Crippen molar-refractivity contribution in [2.24, 2.45) is 11.8 Å². The molecule has 0 aliphatic heterocycles. The molecular weight excluding hydrogens is 216 g/mol. The molecule has 2 aliphatic carbocycles. The standard InChI is InChI=1S/C18H22/c1-13-14(2)16(4)18(15(13)3)12-8-7-11-17-9-5-6-10-17/h5-12,17-18H,1-4H3/b11-7+,12-8+. The molecule has 0 unspecified atom stereocenters. The van der Waals surface area contributed by atoms with Crippen LogP contribution in [0, 0.1) is 11.8 Å². The van der Waals surface area contributed by atoms with Gasteiger partial charge in [0.25, 0.3) is 0 Å². The molecule has 0 atom stereocenters. The minimum absolute atomic E-state index is 0.481. The summed E-state index contributed by atoms with van der Waals surface area (Å²) < 4.78 is 0. The zero-order valence-electron chi connectivity index (χ0n) is 11.8. The van der Waals surface area contributed by atoms with Crippen LogP contribution >= 0.6 is 0 Å². The number of hydrogen-bond acceptors (Lipinski definition) is 0. The van der Waals surface area contributed by atoms with E-state index >= 15 is 0 Å². The molecule has 0 nitrogen and oxygen atoms in total. The largest absolute Gasteiger partial charge is 0.0738 e. The van der Waals surface area contributed by atoms with Crippen LogP contribution in [0.3, 0.4) is 0 Å². The summed E-state index contributed by atoms with van der Waals surface area (Å²) in [7, 11) is 0. The van der Waals surface area contributed by atoms with Gasteiger partial charge >= 0.3 is 0 Å². The third-order valence-corrected chi connectivity index (χ3v) is 4.20. The maximum Gasteiger partial charge on any atom is 0.0196 e. The van der Waals surface area contributed by atoms with Crippen molar-refractivity contribution in [3.63, 3.8) is 0 Å². The van der Waals surface area contributed by atoms with E-state index in [2.05, 4.69) is 76.3 Å². The lowest BCUT2D eigenvalue weighted by molar-refractivity contribution is 0.908. The van der Waals surface area contributed by atoms with Crippen LogP contribution in [0.15, 0.2) is 70.9 Å². The van der Waals surface area contributed by atoms with E-state index in [-0.39, 0.29) is 0 Å². The minimum Gasteiger partial charge on any atom is -0.0738 e. The van der Waals surface area contributed by atoms with Crippen LogP contribution in [0.5, 0.6) is 0 Å². The predicted octanol–water partition coefficient (Wildman–Crippen LogP) is 5.14. The first-order valence-corrected chi connectivity index (χ1v) is 6.66. The Morgan fingerprint density at radius 3 is 1.83 bits per heavy atom. The topological polar surface area (TPSA) is 0 Å². The minimum atomic E-state index is 0.481. The van der Waals surface area contributed by atoms with Gasteiger partial charge in [-0.15, -0.1) is 0 Å². The Morgan fingerprint density at radius 2 is 1.28 bits per heavy atom. The fraction of sp³-hybridized carbons (Fsp3) is 0.333. The van der Waals surface area contributed by atoms with Crippen molar-refractivity contribution in [2.45, 2.75) is 27.7 Å². The normalized spacial score (nSPS) is 21.8. The molecule has 0 heteroatoms. The van der Waals surface area contributed by atoms with Gasteiger partial charge in [-0.3, -0.25) is 0 Å². The molecule has 0 radical (unpaired) electrons. The molecule has 0 bridgehead atoms. The van der Waals surface area contributed by atoms with Gasteiger partial charge in [0.05, 0.1) is 0 Å². The lowest BCUT2D eigenvalue weighted by atomic mass is 9.96. The van der Waals surface area contributed by atoms with E-state index in [1.54, 1.807) is 0 Å². The SMILES string of the molecule is CC1=C(C)C(/C=C/C=C/C2C=CC=C2)C(C)=C1C. The van der Waals surface area contributed by atoms with E-state index in [0.717, 1.165) is 0 Å². The van der Waals surface area contributed by atoms with Crippen LogP contribution in [0.1, 0.15) is 27.7 Å². The summed E-state index contributed by atoms with van der Waals surface area (Å²) in [6.07, 6.45) is 17.5. The molecule has 0 amide bonds. The summed E-state index contributed by atoms with van der Waals surface area (Å²) in [6, 6.07) is 0. The number of hydrogen-bond donors (Lipinski definition) is 0. The molecule has 0 saturated heterocycles. The molecule has 0 N–H and O–H groups in total. The Balaban J connectivity index is 2.02. The van der Waals surface area contributed by atoms with Crippen molar-refractivity contribution in [1.29, 1.82) is 0 Å². The molecule has 0 fully saturated rings. The second-order valence-electron chi connectivity index (χ2n) is 5.21. The van der Waals surface area contributed by atoms with Crippen molar-refractivity contribution in [3.05, 3.63) is 70.9 Å². The first-order valence-electron chi connectivity index (χ1n) is 6.66. The molecule has 0 saturated carbocycles. The predicted molar refractivity (Wildman–Crippen MR) is 80.3 cm³/mol. The first-order chi connectivity index (χ1) is 8.61. The lowest BCUT2D eigenvalue weighted by Crippen LogP contribution is -1.95. The summed E-state index contributed by atoms with van der Waals surface area (Å²) in [4.78, 5) is 0. The molecule has 0 spiro atoms. The van der Waals surface area contributed by atoms with Gasteiger partial charge in [-0.05, 0) is 38.8 Å². The molecule has 0 aromatic carbocycles. The van der Waals surface area contributed by atoms with Crippen LogP contribution in [-0.4, -0.2) is 0 Å². The highest BCUT2D eigenvalue weighted by Gasteiger charge is 2.21. The molecule has 2 aliphatic rings. The van der Waals surface area contributed by atoms with Gasteiger partial charge in [-0.1, -0.05) is 59.8 Å². The van der Waals surface area contributed by atoms with Crippen molar-refractivity contribution in [2.75, 3.05) is 0 Å². The zero-order chi connectivity index (χ0) is 13.1. The van der Waals surface area contributed by atoms with Gasteiger partial charge < -0.3 is 0 Å². The van der Waals surface area contributed by atoms with E-state index in [9.17, 15) is 0 Å². The fourth-order valence-electron chi connectivity index (χ4n) is 2.62. The third-order valence-electron chi connectivity index (χ3n) is 4.20. The van der Waals surface area contributed by atoms with Gasteiger partial charge in [0, 0.05) is 11.8 Å². The van der Waals surface area contributed by atoms with E-state index in [1.807, 2.05) is 0 Å². The van der Waals surface area contributed by atoms with Gasteiger partial charge in [0.2, 0.25) is 0 Å². The monoisotopic (exact) mass is 238 g/mol. The van der Waals surface area contributed by atoms with Crippen molar-refractivity contribution in [1.82, 2.24) is 0 Å². The molecule has 0 heterocycles. The van der Waals surface area contributed by atoms with Crippen LogP contribution in [0.4, 0.5) is 0 Å². The van der Waals surface area contributed by atoms with Crippen LogP contribution < -0.4 is 0 Å². The molecule has 0 aromatic rings. The highest BCUT2D eigenvalue weighted by molar-refractivity contribution is 5.48. The highest BCUT2D eigenvalue weighted by Crippen LogP contribution is 2.37. The summed E-state index contributed by atoms with van der Waals surface area (Å²) >= 11 is 0. The smallest absolute Gasteiger partial charge is 0.0196 e. The Hall–Kier alpha value is -1.56. The van der Waals surface area contributed by atoms with Crippen molar-refractivity contribution in [3.8, 4) is 0 Å². The average Bonchev–Trinajstić information content (AvgIpc) is 2.93. The zero-order valence-corrected chi connectivity index (χ0v) is 11.8. The Bertz CT molecular complexity index is 468. The maximum atomic E-state index is 2.31. The second-order valence-corrected chi connectivity index (χ2v) is 5.21. The van der Waals surface area contributed by atoms with Gasteiger partial charge in [0.15, 0.2) is 0 Å². The maximum absolute atomic E-state index is 2.31. The molecule has 18 heavy (non-hydrogen) atoms. The molecule has 2 rings (SSSR count). The van der Waals surface area contributed by atoms with Crippen molar-refractivity contribution < 1.29 is 0 Å². The van der Waals surface area contributed by atoms with Crippen LogP contribution in [0.25, 0.3) is 0 Å². The number of rotatable bonds is 3. The summed E-state index contributed by atoms with van der Waals surface area (Å²) in [5.41, 5.74) is 5.92. The van der Waals surface area contributed by atoms with E-state index in [1.165, 1.54) is 22.3 Å². The van der Waals surface area contributed by atoms with E-state index in [0.29, 0.717) is 11.8 Å². The van der Waals surface area contributed by atoms with E-state index in [4.69, 9.17) is 0 Å². The molecular formula is C18H22. The Kier molecular flexibility index (Phi) is 3.86. The molecule has 94 valence electrons. The summed E-state index contributed by atoms with van der Waals surface area (Å²) in [5.74, 6) is 0.985. The average molecular weight is 238 g/mol. The Labute approximate surface area is 111 Å². The highest BCUT2D eigenvalue weighted by atomic mass is 14.3. The quantitative estimate of drug-likeness (QED) is 0.597. The summed E-state index contributed by atoms with van der Waals surface area (Å²) in [6.45, 7) is 8.95. The summed E-state index contributed by atoms with van der Waals surface area (Å²) in [5, 5.41) is 0.